The van der Waals surface area contributed by atoms with Crippen molar-refractivity contribution < 1.29 is 18.7 Å². The first-order valence-electron chi connectivity index (χ1n) is 7.67. The van der Waals surface area contributed by atoms with Crippen LogP contribution in [0.5, 0.6) is 5.75 Å². The molecule has 3 rings (SSSR count). The van der Waals surface area contributed by atoms with Crippen LogP contribution >= 0.6 is 27.3 Å². The van der Waals surface area contributed by atoms with Crippen LogP contribution < -0.4 is 10.5 Å². The van der Waals surface area contributed by atoms with Crippen molar-refractivity contribution in [3.8, 4) is 16.5 Å². The fraction of sp³-hybridized carbons (Fsp3) is 0.533. The average Bonchev–Trinajstić information content (AvgIpc) is 3.11. The summed E-state index contributed by atoms with van der Waals surface area (Å²) >= 11 is 4.68. The van der Waals surface area contributed by atoms with E-state index in [0.717, 1.165) is 34.8 Å². The number of esters is 1. The van der Waals surface area contributed by atoms with E-state index < -0.39 is 11.7 Å². The molecule has 9 heteroatoms. The van der Waals surface area contributed by atoms with Crippen LogP contribution in [0.2, 0.25) is 0 Å². The predicted octanol–water partition coefficient (Wildman–Crippen LogP) is 3.21. The number of hydrogen-bond donors (Lipinski definition) is 0. The van der Waals surface area contributed by atoms with Crippen molar-refractivity contribution in [3.05, 3.63) is 20.4 Å². The topological polar surface area (TPSA) is 83.6 Å². The van der Waals surface area contributed by atoms with Gasteiger partial charge in [-0.2, -0.15) is 4.68 Å². The Balaban J connectivity index is 1.72. The lowest BCUT2D eigenvalue weighted by molar-refractivity contribution is -0.151. The van der Waals surface area contributed by atoms with Crippen molar-refractivity contribution in [2.45, 2.75) is 44.8 Å². The van der Waals surface area contributed by atoms with E-state index in [4.69, 9.17) is 13.9 Å². The van der Waals surface area contributed by atoms with Gasteiger partial charge < -0.3 is 13.9 Å². The van der Waals surface area contributed by atoms with Crippen molar-refractivity contribution in [2.24, 2.45) is 0 Å². The van der Waals surface area contributed by atoms with Crippen molar-refractivity contribution in [3.63, 3.8) is 0 Å². The summed E-state index contributed by atoms with van der Waals surface area (Å²) in [7, 11) is 1.52. The molecular weight excluding hydrogens is 400 g/mol. The van der Waals surface area contributed by atoms with E-state index in [2.05, 4.69) is 21.0 Å². The van der Waals surface area contributed by atoms with E-state index in [1.807, 2.05) is 5.38 Å². The lowest BCUT2D eigenvalue weighted by atomic mass is 9.98. The molecule has 130 valence electrons. The van der Waals surface area contributed by atoms with Crippen LogP contribution in [0.3, 0.4) is 0 Å². The minimum Gasteiger partial charge on any atom is -0.494 e. The van der Waals surface area contributed by atoms with Gasteiger partial charge in [0.2, 0.25) is 0 Å². The minimum atomic E-state index is -0.697. The molecule has 0 radical (unpaired) electrons. The molecule has 1 aliphatic rings. The molecular formula is C15H17BrN2O5S. The summed E-state index contributed by atoms with van der Waals surface area (Å²) in [6, 6.07) is 0. The highest BCUT2D eigenvalue weighted by molar-refractivity contribution is 9.10. The summed E-state index contributed by atoms with van der Waals surface area (Å²) < 4.78 is 17.5. The van der Waals surface area contributed by atoms with Crippen molar-refractivity contribution in [2.75, 3.05) is 7.11 Å². The quantitative estimate of drug-likeness (QED) is 0.695. The smallest absolute Gasteiger partial charge is 0.437 e. The standard InChI is InChI=1S/C15H17BrN2O5S/c1-21-12-10(16)8-24-13(12)14-17-18(15(20)23-14)7-11(19)22-9-5-3-2-4-6-9/h8-9H,2-7H2,1H3. The third-order valence-corrected chi connectivity index (χ3v) is 5.68. The summed E-state index contributed by atoms with van der Waals surface area (Å²) in [4.78, 5) is 24.5. The van der Waals surface area contributed by atoms with Crippen molar-refractivity contribution >= 4 is 33.2 Å². The molecule has 0 aromatic carbocycles. The number of thiophene rings is 1. The lowest BCUT2D eigenvalue weighted by Crippen LogP contribution is -2.27. The van der Waals surface area contributed by atoms with E-state index in [1.54, 1.807) is 0 Å². The molecule has 2 heterocycles. The van der Waals surface area contributed by atoms with Crippen LogP contribution in [0.1, 0.15) is 32.1 Å². The molecule has 0 unspecified atom stereocenters. The highest BCUT2D eigenvalue weighted by Gasteiger charge is 2.22. The second-order valence-corrected chi connectivity index (χ2v) is 7.26. The third kappa shape index (κ3) is 3.72. The van der Waals surface area contributed by atoms with Gasteiger partial charge in [-0.1, -0.05) is 6.42 Å². The first-order valence-corrected chi connectivity index (χ1v) is 9.34. The van der Waals surface area contributed by atoms with Gasteiger partial charge in [0.15, 0.2) is 5.75 Å². The number of methoxy groups -OCH3 is 1. The first kappa shape index (κ1) is 17.2. The largest absolute Gasteiger partial charge is 0.494 e. The maximum absolute atomic E-state index is 12.0. The zero-order chi connectivity index (χ0) is 17.1. The van der Waals surface area contributed by atoms with Crippen LogP contribution in [0.25, 0.3) is 10.8 Å². The minimum absolute atomic E-state index is 0.0540. The molecule has 0 bridgehead atoms. The highest BCUT2D eigenvalue weighted by atomic mass is 79.9. The second kappa shape index (κ2) is 7.52. The van der Waals surface area contributed by atoms with Gasteiger partial charge in [-0.25, -0.2) is 4.79 Å². The molecule has 0 aliphatic heterocycles. The number of ether oxygens (including phenoxy) is 2. The number of hydrogen-bond acceptors (Lipinski definition) is 7. The molecule has 0 amide bonds. The Labute approximate surface area is 150 Å². The summed E-state index contributed by atoms with van der Waals surface area (Å²) in [5.74, 6) is -0.503. The number of aromatic nitrogens is 2. The molecule has 7 nitrogen and oxygen atoms in total. The van der Waals surface area contributed by atoms with E-state index in [1.165, 1.54) is 24.9 Å². The van der Waals surface area contributed by atoms with E-state index in [-0.39, 0.29) is 18.5 Å². The Kier molecular flexibility index (Phi) is 5.40. The van der Waals surface area contributed by atoms with Crippen LogP contribution in [-0.4, -0.2) is 29.0 Å². The third-order valence-electron chi connectivity index (χ3n) is 3.84. The molecule has 2 aromatic heterocycles. The summed E-state index contributed by atoms with van der Waals surface area (Å²) in [6.07, 6.45) is 5.02. The van der Waals surface area contributed by atoms with Crippen LogP contribution in [0, 0.1) is 0 Å². The molecule has 0 atom stereocenters. The summed E-state index contributed by atoms with van der Waals surface area (Å²) in [6.45, 7) is -0.256. The molecule has 0 saturated heterocycles. The van der Waals surface area contributed by atoms with Gasteiger partial charge in [0.1, 0.15) is 17.5 Å². The van der Waals surface area contributed by atoms with Gasteiger partial charge >= 0.3 is 11.7 Å². The van der Waals surface area contributed by atoms with E-state index in [0.29, 0.717) is 10.6 Å². The Morgan fingerprint density at radius 1 is 1.46 bits per heavy atom. The van der Waals surface area contributed by atoms with Crippen molar-refractivity contribution in [1.29, 1.82) is 0 Å². The zero-order valence-corrected chi connectivity index (χ0v) is 15.5. The molecule has 1 saturated carbocycles. The Morgan fingerprint density at radius 3 is 2.92 bits per heavy atom. The van der Waals surface area contributed by atoms with Gasteiger partial charge in [0, 0.05) is 5.38 Å². The van der Waals surface area contributed by atoms with Gasteiger partial charge in [-0.3, -0.25) is 4.79 Å². The Morgan fingerprint density at radius 2 is 2.21 bits per heavy atom. The highest BCUT2D eigenvalue weighted by Crippen LogP contribution is 2.40. The Hall–Kier alpha value is -1.61. The summed E-state index contributed by atoms with van der Waals surface area (Å²) in [5, 5.41) is 5.89. The fourth-order valence-corrected chi connectivity index (χ4v) is 4.27. The molecule has 24 heavy (non-hydrogen) atoms. The number of carbonyl (C=O) groups is 1. The Bertz CT molecular complexity index is 775. The van der Waals surface area contributed by atoms with Crippen LogP contribution in [-0.2, 0) is 16.1 Å². The molecule has 0 N–H and O–H groups in total. The first-order chi connectivity index (χ1) is 11.6. The maximum atomic E-state index is 12.0. The number of nitrogens with zero attached hydrogens (tertiary/aromatic N) is 2. The number of halogens is 1. The monoisotopic (exact) mass is 416 g/mol. The second-order valence-electron chi connectivity index (χ2n) is 5.53. The number of rotatable bonds is 5. The van der Waals surface area contributed by atoms with Crippen LogP contribution in [0.15, 0.2) is 19.1 Å². The van der Waals surface area contributed by atoms with Gasteiger partial charge in [-0.15, -0.1) is 16.4 Å². The van der Waals surface area contributed by atoms with Gasteiger partial charge in [-0.05, 0) is 41.6 Å². The molecule has 2 aromatic rings. The maximum Gasteiger partial charge on any atom is 0.437 e. The van der Waals surface area contributed by atoms with Gasteiger partial charge in [0.25, 0.3) is 5.89 Å². The SMILES string of the molecule is COc1c(Br)csc1-c1nn(CC(=O)OC2CCCCC2)c(=O)o1. The fourth-order valence-electron chi connectivity index (χ4n) is 2.69. The molecule has 1 aliphatic carbocycles. The summed E-state index contributed by atoms with van der Waals surface area (Å²) in [5.41, 5.74) is 0. The lowest BCUT2D eigenvalue weighted by Gasteiger charge is -2.21. The number of carbonyl (C=O) groups excluding carboxylic acids is 1. The van der Waals surface area contributed by atoms with E-state index in [9.17, 15) is 9.59 Å². The molecule has 1 fully saturated rings. The predicted molar refractivity (Wildman–Crippen MR) is 91.3 cm³/mol. The van der Waals surface area contributed by atoms with Crippen LogP contribution in [0.4, 0.5) is 0 Å². The zero-order valence-electron chi connectivity index (χ0n) is 13.1. The molecule has 0 spiro atoms. The average molecular weight is 417 g/mol. The normalized spacial score (nSPS) is 15.4. The van der Waals surface area contributed by atoms with Crippen molar-refractivity contribution in [1.82, 2.24) is 9.78 Å². The van der Waals surface area contributed by atoms with Gasteiger partial charge in [0.05, 0.1) is 11.6 Å². The van der Waals surface area contributed by atoms with E-state index >= 15 is 0 Å².